The summed E-state index contributed by atoms with van der Waals surface area (Å²) in [6.45, 7) is 1.93. The van der Waals surface area contributed by atoms with Crippen LogP contribution in [0.1, 0.15) is 18.4 Å². The van der Waals surface area contributed by atoms with Crippen molar-refractivity contribution >= 4 is 28.9 Å². The third-order valence-electron chi connectivity index (χ3n) is 2.94. The minimum atomic E-state index is 0.0899. The molecule has 18 heavy (non-hydrogen) atoms. The number of carbonyl (C=O) groups excluding carboxylic acids is 1. The Morgan fingerprint density at radius 3 is 2.89 bits per heavy atom. The molecule has 2 rings (SSSR count). The van der Waals surface area contributed by atoms with Gasteiger partial charge in [-0.1, -0.05) is 12.2 Å². The van der Waals surface area contributed by atoms with E-state index in [4.69, 9.17) is 18.0 Å². The Balaban J connectivity index is 1.97. The molecule has 0 spiro atoms. The highest BCUT2D eigenvalue weighted by Gasteiger charge is 2.17. The van der Waals surface area contributed by atoms with E-state index < -0.39 is 0 Å². The average molecular weight is 264 g/mol. The molecule has 0 aromatic carbocycles. The van der Waals surface area contributed by atoms with E-state index in [1.54, 1.807) is 18.3 Å². The molecule has 1 aliphatic rings. The van der Waals surface area contributed by atoms with Crippen LogP contribution in [0, 0.1) is 0 Å². The number of carbonyl (C=O) groups is 1. The van der Waals surface area contributed by atoms with Crippen LogP contribution in [0.25, 0.3) is 0 Å². The Morgan fingerprint density at radius 2 is 2.22 bits per heavy atom. The van der Waals surface area contributed by atoms with Crippen molar-refractivity contribution in [2.75, 3.05) is 25.0 Å². The quantitative estimate of drug-likeness (QED) is 0.785. The summed E-state index contributed by atoms with van der Waals surface area (Å²) in [6.07, 6.45) is 3.82. The molecule has 0 unspecified atom stereocenters. The van der Waals surface area contributed by atoms with Gasteiger partial charge in [0.05, 0.1) is 12.1 Å². The van der Waals surface area contributed by atoms with Crippen molar-refractivity contribution in [3.63, 3.8) is 0 Å². The summed E-state index contributed by atoms with van der Waals surface area (Å²) in [5.41, 5.74) is 6.27. The lowest BCUT2D eigenvalue weighted by Gasteiger charge is -2.16. The van der Waals surface area contributed by atoms with E-state index in [-0.39, 0.29) is 17.4 Å². The number of amides is 1. The van der Waals surface area contributed by atoms with Gasteiger partial charge in [-0.2, -0.15) is 0 Å². The Morgan fingerprint density at radius 1 is 1.50 bits per heavy atom. The minimum absolute atomic E-state index is 0.0899. The topological polar surface area (TPSA) is 71.2 Å². The van der Waals surface area contributed by atoms with Crippen LogP contribution in [0.2, 0.25) is 0 Å². The van der Waals surface area contributed by atoms with E-state index in [1.165, 1.54) is 0 Å². The summed E-state index contributed by atoms with van der Waals surface area (Å²) >= 11 is 4.94. The van der Waals surface area contributed by atoms with Crippen molar-refractivity contribution < 1.29 is 4.79 Å². The molecule has 1 aromatic heterocycles. The molecule has 0 aliphatic carbocycles. The van der Waals surface area contributed by atoms with Crippen LogP contribution < -0.4 is 11.1 Å². The molecule has 0 radical (unpaired) electrons. The summed E-state index contributed by atoms with van der Waals surface area (Å²) in [4.78, 5) is 18.2. The average Bonchev–Trinajstić information content (AvgIpc) is 2.90. The highest BCUT2D eigenvalue weighted by atomic mass is 32.1. The minimum Gasteiger partial charge on any atom is -0.389 e. The lowest BCUT2D eigenvalue weighted by Crippen LogP contribution is -2.33. The molecule has 1 amide bonds. The van der Waals surface area contributed by atoms with Crippen molar-refractivity contribution in [3.8, 4) is 0 Å². The van der Waals surface area contributed by atoms with Crippen molar-refractivity contribution in [3.05, 3.63) is 23.9 Å². The molecular weight excluding hydrogens is 248 g/mol. The third-order valence-corrected chi connectivity index (χ3v) is 3.16. The first-order chi connectivity index (χ1) is 8.68. The predicted molar refractivity (Wildman–Crippen MR) is 74.4 cm³/mol. The number of rotatable bonds is 4. The smallest absolute Gasteiger partial charge is 0.241 e. The van der Waals surface area contributed by atoms with Crippen LogP contribution >= 0.6 is 12.2 Å². The maximum Gasteiger partial charge on any atom is 0.241 e. The fourth-order valence-corrected chi connectivity index (χ4v) is 2.15. The summed E-state index contributed by atoms with van der Waals surface area (Å²) in [5.74, 6) is 0.657. The molecule has 1 aliphatic heterocycles. The van der Waals surface area contributed by atoms with Crippen molar-refractivity contribution in [1.82, 2.24) is 9.88 Å². The Bertz CT molecular complexity index is 457. The summed E-state index contributed by atoms with van der Waals surface area (Å²) < 4.78 is 0. The molecule has 1 fully saturated rings. The van der Waals surface area contributed by atoms with Crippen LogP contribution in [0.15, 0.2) is 18.3 Å². The van der Waals surface area contributed by atoms with Gasteiger partial charge in [-0.15, -0.1) is 0 Å². The van der Waals surface area contributed by atoms with Gasteiger partial charge in [0.2, 0.25) is 5.91 Å². The molecule has 5 nitrogen and oxygen atoms in total. The first kappa shape index (κ1) is 12.8. The summed E-state index contributed by atoms with van der Waals surface area (Å²) in [6, 6.07) is 3.56. The van der Waals surface area contributed by atoms with Crippen LogP contribution in [0.5, 0.6) is 0 Å². The molecule has 0 saturated carbocycles. The van der Waals surface area contributed by atoms with E-state index in [0.717, 1.165) is 25.9 Å². The molecule has 6 heteroatoms. The molecule has 0 atom stereocenters. The third kappa shape index (κ3) is 2.95. The second kappa shape index (κ2) is 5.77. The number of anilines is 1. The zero-order valence-electron chi connectivity index (χ0n) is 10.1. The number of hydrogen-bond acceptors (Lipinski definition) is 4. The number of likely N-dealkylation sites (tertiary alicyclic amines) is 1. The van der Waals surface area contributed by atoms with Crippen LogP contribution in [-0.4, -0.2) is 40.4 Å². The highest BCUT2D eigenvalue weighted by molar-refractivity contribution is 7.80. The van der Waals surface area contributed by atoms with Gasteiger partial charge in [-0.25, -0.2) is 4.98 Å². The standard InChI is InChI=1S/C12H16N4OS/c13-11(18)9-4-3-5-14-12(9)15-8-10(17)16-6-1-2-7-16/h3-5H,1-2,6-8H2,(H2,13,18)(H,14,15). The van der Waals surface area contributed by atoms with Crippen LogP contribution in [0.3, 0.4) is 0 Å². The second-order valence-electron chi connectivity index (χ2n) is 4.21. The van der Waals surface area contributed by atoms with Gasteiger partial charge in [0, 0.05) is 19.3 Å². The van der Waals surface area contributed by atoms with Crippen molar-refractivity contribution in [1.29, 1.82) is 0 Å². The largest absolute Gasteiger partial charge is 0.389 e. The van der Waals surface area contributed by atoms with E-state index in [1.807, 2.05) is 4.90 Å². The van der Waals surface area contributed by atoms with Crippen molar-refractivity contribution in [2.24, 2.45) is 5.73 Å². The lowest BCUT2D eigenvalue weighted by atomic mass is 10.2. The Kier molecular flexibility index (Phi) is 4.09. The monoisotopic (exact) mass is 264 g/mol. The van der Waals surface area contributed by atoms with Gasteiger partial charge in [0.15, 0.2) is 0 Å². The zero-order chi connectivity index (χ0) is 13.0. The fraction of sp³-hybridized carbons (Fsp3) is 0.417. The zero-order valence-corrected chi connectivity index (χ0v) is 10.9. The van der Waals surface area contributed by atoms with Gasteiger partial charge in [0.25, 0.3) is 0 Å². The van der Waals surface area contributed by atoms with Crippen LogP contribution in [0.4, 0.5) is 5.82 Å². The highest BCUT2D eigenvalue weighted by Crippen LogP contribution is 2.12. The molecule has 2 heterocycles. The summed E-state index contributed by atoms with van der Waals surface area (Å²) in [5, 5.41) is 3.00. The molecule has 3 N–H and O–H groups in total. The normalized spacial score (nSPS) is 14.6. The van der Waals surface area contributed by atoms with Gasteiger partial charge >= 0.3 is 0 Å². The number of nitrogens with one attached hydrogen (secondary N) is 1. The first-order valence-electron chi connectivity index (χ1n) is 5.95. The number of nitrogens with zero attached hydrogens (tertiary/aromatic N) is 2. The number of thiocarbonyl (C=S) groups is 1. The molecular formula is C12H16N4OS. The number of nitrogens with two attached hydrogens (primary N) is 1. The second-order valence-corrected chi connectivity index (χ2v) is 4.65. The number of hydrogen-bond donors (Lipinski definition) is 2. The number of pyridine rings is 1. The van der Waals surface area contributed by atoms with Gasteiger partial charge < -0.3 is 16.0 Å². The molecule has 0 bridgehead atoms. The molecule has 1 aromatic rings. The van der Waals surface area contributed by atoms with E-state index in [2.05, 4.69) is 10.3 Å². The number of aromatic nitrogens is 1. The molecule has 96 valence electrons. The fourth-order valence-electron chi connectivity index (χ4n) is 1.98. The predicted octanol–water partition coefficient (Wildman–Crippen LogP) is 0.750. The van der Waals surface area contributed by atoms with Gasteiger partial charge in [-0.05, 0) is 25.0 Å². The maximum absolute atomic E-state index is 11.9. The Labute approximate surface area is 111 Å². The van der Waals surface area contributed by atoms with E-state index >= 15 is 0 Å². The summed E-state index contributed by atoms with van der Waals surface area (Å²) in [7, 11) is 0. The first-order valence-corrected chi connectivity index (χ1v) is 6.36. The van der Waals surface area contributed by atoms with Crippen molar-refractivity contribution in [2.45, 2.75) is 12.8 Å². The molecule has 1 saturated heterocycles. The van der Waals surface area contributed by atoms with Gasteiger partial charge in [0.1, 0.15) is 10.8 Å². The van der Waals surface area contributed by atoms with E-state index in [9.17, 15) is 4.79 Å². The lowest BCUT2D eigenvalue weighted by molar-refractivity contribution is -0.128. The Hall–Kier alpha value is -1.69. The van der Waals surface area contributed by atoms with E-state index in [0.29, 0.717) is 11.4 Å². The van der Waals surface area contributed by atoms with Crippen LogP contribution in [-0.2, 0) is 4.79 Å². The van der Waals surface area contributed by atoms with Gasteiger partial charge in [-0.3, -0.25) is 4.79 Å². The SMILES string of the molecule is NC(=S)c1cccnc1NCC(=O)N1CCCC1. The maximum atomic E-state index is 11.9.